The molecule has 7 nitrogen and oxygen atoms in total. The molecule has 0 N–H and O–H groups in total. The Morgan fingerprint density at radius 1 is 1.00 bits per heavy atom. The summed E-state index contributed by atoms with van der Waals surface area (Å²) in [6, 6.07) is 10.5. The van der Waals surface area contributed by atoms with E-state index >= 15 is 0 Å². The molecule has 0 unspecified atom stereocenters. The van der Waals surface area contributed by atoms with Crippen LogP contribution in [0.4, 0.5) is 0 Å². The van der Waals surface area contributed by atoms with E-state index in [9.17, 15) is 18.0 Å². The van der Waals surface area contributed by atoms with E-state index in [1.807, 2.05) is 6.92 Å². The molecule has 0 spiro atoms. The average Bonchev–Trinajstić information content (AvgIpc) is 2.66. The lowest BCUT2D eigenvalue weighted by Crippen LogP contribution is -2.22. The lowest BCUT2D eigenvalue weighted by molar-refractivity contribution is 0.0469. The second-order valence-electron chi connectivity index (χ2n) is 6.20. The first-order valence-corrected chi connectivity index (χ1v) is 10.1. The van der Waals surface area contributed by atoms with Gasteiger partial charge in [-0.05, 0) is 56.3 Å². The zero-order valence-corrected chi connectivity index (χ0v) is 17.1. The molecule has 0 aliphatic heterocycles. The molecule has 2 aromatic carbocycles. The number of ketones is 1. The minimum absolute atomic E-state index is 0.0764. The van der Waals surface area contributed by atoms with Crippen LogP contribution < -0.4 is 4.74 Å². The molecule has 0 saturated carbocycles. The molecule has 0 atom stereocenters. The van der Waals surface area contributed by atoms with E-state index in [0.717, 1.165) is 4.31 Å². The van der Waals surface area contributed by atoms with Crippen molar-refractivity contribution >= 4 is 21.8 Å². The molecule has 2 rings (SSSR count). The monoisotopic (exact) mass is 405 g/mol. The van der Waals surface area contributed by atoms with E-state index in [0.29, 0.717) is 23.5 Å². The number of hydrogen-bond acceptors (Lipinski definition) is 6. The number of nitrogens with zero attached hydrogens (tertiary/aromatic N) is 1. The molecule has 28 heavy (non-hydrogen) atoms. The van der Waals surface area contributed by atoms with Crippen molar-refractivity contribution in [3.63, 3.8) is 0 Å². The maximum absolute atomic E-state index is 12.3. The highest BCUT2D eigenvalue weighted by Crippen LogP contribution is 2.22. The van der Waals surface area contributed by atoms with E-state index in [1.54, 1.807) is 18.2 Å². The van der Waals surface area contributed by atoms with E-state index < -0.39 is 16.0 Å². The number of carbonyl (C=O) groups excluding carboxylic acids is 2. The number of carbonyl (C=O) groups is 2. The predicted molar refractivity (Wildman–Crippen MR) is 104 cm³/mol. The maximum atomic E-state index is 12.3. The van der Waals surface area contributed by atoms with Crippen LogP contribution in [0.3, 0.4) is 0 Å². The minimum atomic E-state index is -3.57. The predicted octanol–water partition coefficient (Wildman–Crippen LogP) is 2.90. The van der Waals surface area contributed by atoms with Crippen molar-refractivity contribution in [2.75, 3.05) is 20.7 Å². The van der Waals surface area contributed by atoms with E-state index in [1.165, 1.54) is 45.3 Å². The molecule has 0 fully saturated rings. The van der Waals surface area contributed by atoms with Gasteiger partial charge in [0.1, 0.15) is 12.4 Å². The third kappa shape index (κ3) is 4.96. The van der Waals surface area contributed by atoms with Crippen molar-refractivity contribution in [2.45, 2.75) is 25.3 Å². The SMILES string of the molecule is CCOc1ccc(C(C)=O)cc1COC(=O)c1ccc(S(=O)(=O)N(C)C)cc1. The fourth-order valence-electron chi connectivity index (χ4n) is 2.41. The van der Waals surface area contributed by atoms with Gasteiger partial charge in [-0.3, -0.25) is 4.79 Å². The summed E-state index contributed by atoms with van der Waals surface area (Å²) in [5.41, 5.74) is 1.29. The zero-order chi connectivity index (χ0) is 20.9. The molecular formula is C20H23NO6S. The maximum Gasteiger partial charge on any atom is 0.338 e. The second kappa shape index (κ2) is 8.99. The van der Waals surface area contributed by atoms with Gasteiger partial charge < -0.3 is 9.47 Å². The van der Waals surface area contributed by atoms with Gasteiger partial charge in [-0.1, -0.05) is 0 Å². The summed E-state index contributed by atoms with van der Waals surface area (Å²) < 4.78 is 36.1. The fourth-order valence-corrected chi connectivity index (χ4v) is 3.31. The topological polar surface area (TPSA) is 90.0 Å². The van der Waals surface area contributed by atoms with Crippen molar-refractivity contribution in [1.29, 1.82) is 0 Å². The Labute approximate surface area is 164 Å². The van der Waals surface area contributed by atoms with Crippen LogP contribution in [0.15, 0.2) is 47.4 Å². The van der Waals surface area contributed by atoms with Crippen LogP contribution in [0.5, 0.6) is 5.75 Å². The molecule has 8 heteroatoms. The molecule has 0 aliphatic rings. The molecule has 0 aromatic heterocycles. The quantitative estimate of drug-likeness (QED) is 0.495. The fraction of sp³-hybridized carbons (Fsp3) is 0.300. The number of esters is 1. The van der Waals surface area contributed by atoms with Crippen LogP contribution in [-0.4, -0.2) is 45.2 Å². The molecule has 0 bridgehead atoms. The van der Waals surface area contributed by atoms with Crippen molar-refractivity contribution in [2.24, 2.45) is 0 Å². The highest BCUT2D eigenvalue weighted by atomic mass is 32.2. The Balaban J connectivity index is 2.16. The van der Waals surface area contributed by atoms with E-state index in [-0.39, 0.29) is 22.8 Å². The van der Waals surface area contributed by atoms with Gasteiger partial charge in [-0.25, -0.2) is 17.5 Å². The van der Waals surface area contributed by atoms with Gasteiger partial charge in [-0.15, -0.1) is 0 Å². The van der Waals surface area contributed by atoms with Gasteiger partial charge in [0, 0.05) is 25.2 Å². The second-order valence-corrected chi connectivity index (χ2v) is 8.35. The normalized spacial score (nSPS) is 11.3. The first-order valence-electron chi connectivity index (χ1n) is 8.63. The Bertz CT molecular complexity index is 965. The molecular weight excluding hydrogens is 382 g/mol. The summed E-state index contributed by atoms with van der Waals surface area (Å²) in [7, 11) is -0.700. The molecule has 0 aliphatic carbocycles. The molecule has 0 heterocycles. The van der Waals surface area contributed by atoms with Crippen LogP contribution in [-0.2, 0) is 21.4 Å². The summed E-state index contributed by atoms with van der Waals surface area (Å²) in [4.78, 5) is 24.0. The zero-order valence-electron chi connectivity index (χ0n) is 16.3. The number of benzene rings is 2. The molecule has 2 aromatic rings. The van der Waals surface area contributed by atoms with Gasteiger partial charge in [0.25, 0.3) is 0 Å². The Morgan fingerprint density at radius 2 is 1.61 bits per heavy atom. The summed E-state index contributed by atoms with van der Waals surface area (Å²) in [6.45, 7) is 3.64. The molecule has 0 radical (unpaired) electrons. The van der Waals surface area contributed by atoms with Crippen molar-refractivity contribution in [3.05, 3.63) is 59.2 Å². The van der Waals surface area contributed by atoms with Crippen LogP contribution in [0.2, 0.25) is 0 Å². The third-order valence-electron chi connectivity index (χ3n) is 3.99. The van der Waals surface area contributed by atoms with Crippen molar-refractivity contribution < 1.29 is 27.5 Å². The smallest absolute Gasteiger partial charge is 0.338 e. The lowest BCUT2D eigenvalue weighted by atomic mass is 10.1. The van der Waals surface area contributed by atoms with Gasteiger partial charge in [0.15, 0.2) is 5.78 Å². The van der Waals surface area contributed by atoms with Gasteiger partial charge in [0.05, 0.1) is 17.1 Å². The largest absolute Gasteiger partial charge is 0.493 e. The van der Waals surface area contributed by atoms with Crippen LogP contribution in [0, 0.1) is 0 Å². The first-order chi connectivity index (χ1) is 13.2. The number of ether oxygens (including phenoxy) is 2. The highest BCUT2D eigenvalue weighted by molar-refractivity contribution is 7.89. The standard InChI is InChI=1S/C20H23NO6S/c1-5-26-19-11-8-16(14(2)22)12-17(19)13-27-20(23)15-6-9-18(10-7-15)28(24,25)21(3)4/h6-12H,5,13H2,1-4H3. The van der Waals surface area contributed by atoms with Crippen molar-refractivity contribution in [3.8, 4) is 5.75 Å². The van der Waals surface area contributed by atoms with E-state index in [2.05, 4.69) is 0 Å². The summed E-state index contributed by atoms with van der Waals surface area (Å²) in [5.74, 6) is -0.175. The minimum Gasteiger partial charge on any atom is -0.493 e. The summed E-state index contributed by atoms with van der Waals surface area (Å²) in [5, 5.41) is 0. The number of Topliss-reactive ketones (excluding diaryl/α,β-unsaturated/α-hetero) is 1. The number of hydrogen-bond donors (Lipinski definition) is 0. The van der Waals surface area contributed by atoms with Crippen LogP contribution in [0.25, 0.3) is 0 Å². The lowest BCUT2D eigenvalue weighted by Gasteiger charge is -2.13. The number of rotatable bonds is 8. The highest BCUT2D eigenvalue weighted by Gasteiger charge is 2.18. The number of sulfonamides is 1. The van der Waals surface area contributed by atoms with Crippen LogP contribution >= 0.6 is 0 Å². The molecule has 0 saturated heterocycles. The molecule has 150 valence electrons. The van der Waals surface area contributed by atoms with Gasteiger partial charge in [0.2, 0.25) is 10.0 Å². The van der Waals surface area contributed by atoms with Crippen molar-refractivity contribution in [1.82, 2.24) is 4.31 Å². The van der Waals surface area contributed by atoms with Gasteiger partial charge >= 0.3 is 5.97 Å². The summed E-state index contributed by atoms with van der Waals surface area (Å²) in [6.07, 6.45) is 0. The first kappa shape index (κ1) is 21.6. The Morgan fingerprint density at radius 3 is 2.14 bits per heavy atom. The summed E-state index contributed by atoms with van der Waals surface area (Å²) >= 11 is 0. The Hall–Kier alpha value is -2.71. The van der Waals surface area contributed by atoms with E-state index in [4.69, 9.17) is 9.47 Å². The Kier molecular flexibility index (Phi) is 6.93. The van der Waals surface area contributed by atoms with Crippen LogP contribution in [0.1, 0.15) is 40.1 Å². The molecule has 0 amide bonds. The third-order valence-corrected chi connectivity index (χ3v) is 5.82. The van der Waals surface area contributed by atoms with Gasteiger partial charge in [-0.2, -0.15) is 0 Å². The average molecular weight is 405 g/mol.